The van der Waals surface area contributed by atoms with Crippen LogP contribution in [0.1, 0.15) is 10.4 Å². The quantitative estimate of drug-likeness (QED) is 0.589. The molecule has 0 aliphatic rings. The fraction of sp³-hybridized carbons (Fsp3) is 0.0667. The number of fused-ring (bicyclic) bond motifs is 1. The van der Waals surface area contributed by atoms with Crippen LogP contribution in [0, 0.1) is 11.6 Å². The highest BCUT2D eigenvalue weighted by molar-refractivity contribution is 7.99. The van der Waals surface area contributed by atoms with Gasteiger partial charge in [-0.1, -0.05) is 23.9 Å². The zero-order valence-electron chi connectivity index (χ0n) is 10.8. The first kappa shape index (κ1) is 13.8. The Bertz CT molecular complexity index is 783. The molecule has 106 valence electrons. The van der Waals surface area contributed by atoms with Gasteiger partial charge in [0.2, 0.25) is 0 Å². The van der Waals surface area contributed by atoms with E-state index in [1.807, 2.05) is 24.3 Å². The lowest BCUT2D eigenvalue weighted by molar-refractivity contribution is 0.102. The van der Waals surface area contributed by atoms with Gasteiger partial charge < -0.3 is 4.98 Å². The molecule has 3 aromatic rings. The largest absolute Gasteiger partial charge is 0.333 e. The van der Waals surface area contributed by atoms with Crippen molar-refractivity contribution in [1.29, 1.82) is 0 Å². The first-order chi connectivity index (χ1) is 10.1. The summed E-state index contributed by atoms with van der Waals surface area (Å²) in [6.45, 7) is 0. The average Bonchev–Trinajstić information content (AvgIpc) is 2.90. The summed E-state index contributed by atoms with van der Waals surface area (Å²) < 4.78 is 25.9. The second-order valence-corrected chi connectivity index (χ2v) is 5.36. The standard InChI is InChI=1S/C15H10F2N2OS/c16-10-6-5-9(7-11(10)17)14(20)8-21-15-18-12-3-1-2-4-13(12)19-15/h1-7H,8H2,(H,18,19). The van der Waals surface area contributed by atoms with Crippen molar-refractivity contribution in [3.05, 3.63) is 59.7 Å². The van der Waals surface area contributed by atoms with Crippen LogP contribution >= 0.6 is 11.8 Å². The van der Waals surface area contributed by atoms with Gasteiger partial charge in [-0.2, -0.15) is 0 Å². The molecule has 2 aromatic carbocycles. The Kier molecular flexibility index (Phi) is 3.70. The number of aromatic nitrogens is 2. The Morgan fingerprint density at radius 2 is 1.95 bits per heavy atom. The predicted molar refractivity (Wildman–Crippen MR) is 77.5 cm³/mol. The Labute approximate surface area is 123 Å². The number of H-pyrrole nitrogens is 1. The van der Waals surface area contributed by atoms with Gasteiger partial charge in [0.05, 0.1) is 16.8 Å². The number of carbonyl (C=O) groups is 1. The summed E-state index contributed by atoms with van der Waals surface area (Å²) in [4.78, 5) is 19.4. The average molecular weight is 304 g/mol. The summed E-state index contributed by atoms with van der Waals surface area (Å²) in [6, 6.07) is 10.7. The van der Waals surface area contributed by atoms with Crippen LogP contribution < -0.4 is 0 Å². The van der Waals surface area contributed by atoms with Crippen molar-refractivity contribution in [1.82, 2.24) is 9.97 Å². The topological polar surface area (TPSA) is 45.8 Å². The predicted octanol–water partition coefficient (Wildman–Crippen LogP) is 3.82. The molecule has 0 saturated carbocycles. The van der Waals surface area contributed by atoms with Gasteiger partial charge in [-0.05, 0) is 30.3 Å². The Morgan fingerprint density at radius 3 is 2.71 bits per heavy atom. The van der Waals surface area contributed by atoms with Gasteiger partial charge in [0.1, 0.15) is 0 Å². The number of nitrogens with one attached hydrogen (secondary N) is 1. The first-order valence-corrected chi connectivity index (χ1v) is 7.18. The molecule has 1 heterocycles. The highest BCUT2D eigenvalue weighted by atomic mass is 32.2. The van der Waals surface area contributed by atoms with Crippen LogP contribution in [-0.2, 0) is 0 Å². The second-order valence-electron chi connectivity index (χ2n) is 4.40. The summed E-state index contributed by atoms with van der Waals surface area (Å²) in [5, 5.41) is 0.618. The molecule has 0 bridgehead atoms. The van der Waals surface area contributed by atoms with E-state index in [0.29, 0.717) is 5.16 Å². The Hall–Kier alpha value is -2.21. The summed E-state index contributed by atoms with van der Waals surface area (Å²) in [5.74, 6) is -2.16. The van der Waals surface area contributed by atoms with Gasteiger partial charge >= 0.3 is 0 Å². The third kappa shape index (κ3) is 2.95. The molecular formula is C15H10F2N2OS. The summed E-state index contributed by atoms with van der Waals surface area (Å²) >= 11 is 1.23. The van der Waals surface area contributed by atoms with Gasteiger partial charge in [-0.25, -0.2) is 13.8 Å². The number of carbonyl (C=O) groups excluding carboxylic acids is 1. The lowest BCUT2D eigenvalue weighted by atomic mass is 10.1. The zero-order chi connectivity index (χ0) is 14.8. The Balaban J connectivity index is 1.71. The van der Waals surface area contributed by atoms with Gasteiger partial charge in [0.25, 0.3) is 0 Å². The van der Waals surface area contributed by atoms with Crippen molar-refractivity contribution >= 4 is 28.6 Å². The first-order valence-electron chi connectivity index (χ1n) is 6.19. The van der Waals surface area contributed by atoms with Crippen molar-refractivity contribution in [2.75, 3.05) is 5.75 Å². The zero-order valence-corrected chi connectivity index (χ0v) is 11.6. The van der Waals surface area contributed by atoms with E-state index >= 15 is 0 Å². The van der Waals surface area contributed by atoms with Gasteiger partial charge in [0, 0.05) is 5.56 Å². The smallest absolute Gasteiger partial charge is 0.173 e. The van der Waals surface area contributed by atoms with E-state index in [9.17, 15) is 13.6 Å². The van der Waals surface area contributed by atoms with Crippen LogP contribution in [0.2, 0.25) is 0 Å². The number of benzene rings is 2. The minimum atomic E-state index is -1.02. The van der Waals surface area contributed by atoms with E-state index in [1.54, 1.807) is 0 Å². The molecule has 0 radical (unpaired) electrons. The molecular weight excluding hydrogens is 294 g/mol. The van der Waals surface area contributed by atoms with E-state index in [4.69, 9.17) is 0 Å². The van der Waals surface area contributed by atoms with Crippen molar-refractivity contribution in [3.8, 4) is 0 Å². The minimum Gasteiger partial charge on any atom is -0.333 e. The minimum absolute atomic E-state index is 0.102. The van der Waals surface area contributed by atoms with E-state index in [2.05, 4.69) is 9.97 Å². The highest BCUT2D eigenvalue weighted by Crippen LogP contribution is 2.20. The number of ketones is 1. The van der Waals surface area contributed by atoms with Crippen LogP contribution in [0.25, 0.3) is 11.0 Å². The van der Waals surface area contributed by atoms with Gasteiger partial charge in [-0.15, -0.1) is 0 Å². The number of hydrogen-bond acceptors (Lipinski definition) is 3. The van der Waals surface area contributed by atoms with E-state index in [-0.39, 0.29) is 17.1 Å². The molecule has 3 rings (SSSR count). The molecule has 3 nitrogen and oxygen atoms in total. The maximum atomic E-state index is 13.1. The molecule has 0 aliphatic carbocycles. The van der Waals surface area contributed by atoms with Crippen LogP contribution in [0.15, 0.2) is 47.6 Å². The number of imidazole rings is 1. The molecule has 0 amide bonds. The van der Waals surface area contributed by atoms with Crippen LogP contribution in [-0.4, -0.2) is 21.5 Å². The fourth-order valence-corrected chi connectivity index (χ4v) is 2.66. The second kappa shape index (κ2) is 5.65. The van der Waals surface area contributed by atoms with Crippen molar-refractivity contribution in [3.63, 3.8) is 0 Å². The number of nitrogens with zero attached hydrogens (tertiary/aromatic N) is 1. The molecule has 0 atom stereocenters. The number of para-hydroxylation sites is 2. The number of aromatic amines is 1. The molecule has 0 aliphatic heterocycles. The van der Waals surface area contributed by atoms with E-state index in [0.717, 1.165) is 23.2 Å². The number of halogens is 2. The SMILES string of the molecule is O=C(CSc1nc2ccccc2[nH]1)c1ccc(F)c(F)c1. The van der Waals surface area contributed by atoms with E-state index < -0.39 is 11.6 Å². The van der Waals surface area contributed by atoms with E-state index in [1.165, 1.54) is 17.8 Å². The van der Waals surface area contributed by atoms with Gasteiger partial charge in [-0.3, -0.25) is 4.79 Å². The molecule has 1 N–H and O–H groups in total. The summed E-state index contributed by atoms with van der Waals surface area (Å²) in [6.07, 6.45) is 0. The summed E-state index contributed by atoms with van der Waals surface area (Å²) in [5.41, 5.74) is 1.86. The lowest BCUT2D eigenvalue weighted by Crippen LogP contribution is -2.03. The van der Waals surface area contributed by atoms with Crippen LogP contribution in [0.4, 0.5) is 8.78 Å². The Morgan fingerprint density at radius 1 is 1.14 bits per heavy atom. The van der Waals surface area contributed by atoms with Crippen molar-refractivity contribution in [2.24, 2.45) is 0 Å². The maximum Gasteiger partial charge on any atom is 0.173 e. The normalized spacial score (nSPS) is 11.0. The van der Waals surface area contributed by atoms with Crippen molar-refractivity contribution < 1.29 is 13.6 Å². The molecule has 1 aromatic heterocycles. The molecule has 6 heteroatoms. The molecule has 0 fully saturated rings. The van der Waals surface area contributed by atoms with Crippen LogP contribution in [0.3, 0.4) is 0 Å². The number of rotatable bonds is 4. The maximum absolute atomic E-state index is 13.1. The molecule has 0 spiro atoms. The molecule has 21 heavy (non-hydrogen) atoms. The molecule has 0 saturated heterocycles. The lowest BCUT2D eigenvalue weighted by Gasteiger charge is -2.00. The summed E-state index contributed by atoms with van der Waals surface area (Å²) in [7, 11) is 0. The monoisotopic (exact) mass is 304 g/mol. The number of Topliss-reactive ketones (excluding diaryl/α,β-unsaturated/α-hetero) is 1. The van der Waals surface area contributed by atoms with Gasteiger partial charge in [0.15, 0.2) is 22.6 Å². The van der Waals surface area contributed by atoms with Crippen molar-refractivity contribution in [2.45, 2.75) is 5.16 Å². The third-order valence-electron chi connectivity index (χ3n) is 2.95. The fourth-order valence-electron chi connectivity index (χ4n) is 1.88. The number of hydrogen-bond donors (Lipinski definition) is 1. The number of thioether (sulfide) groups is 1. The third-order valence-corrected chi connectivity index (χ3v) is 3.82. The molecule has 0 unspecified atom stereocenters. The van der Waals surface area contributed by atoms with Crippen LogP contribution in [0.5, 0.6) is 0 Å². The highest BCUT2D eigenvalue weighted by Gasteiger charge is 2.11.